The van der Waals surface area contributed by atoms with Crippen LogP contribution in [0.15, 0.2) is 84.5 Å². The minimum Gasteiger partial charge on any atom is -0.870 e. The van der Waals surface area contributed by atoms with E-state index in [9.17, 15) is 18.4 Å². The summed E-state index contributed by atoms with van der Waals surface area (Å²) in [6, 6.07) is 18.3. The van der Waals surface area contributed by atoms with Gasteiger partial charge >= 0.3 is 18.6 Å². The zero-order valence-corrected chi connectivity index (χ0v) is 33.0. The van der Waals surface area contributed by atoms with Crippen molar-refractivity contribution >= 4 is 62.3 Å². The topological polar surface area (TPSA) is 130 Å². The van der Waals surface area contributed by atoms with Crippen LogP contribution in [0.3, 0.4) is 0 Å². The van der Waals surface area contributed by atoms with Crippen molar-refractivity contribution < 1.29 is 47.8 Å². The minimum atomic E-state index is -3.06. The first-order valence-electron chi connectivity index (χ1n) is 18.7. The Hall–Kier alpha value is -4.53. The van der Waals surface area contributed by atoms with Gasteiger partial charge in [-0.2, -0.15) is 8.78 Å². The molecule has 1 aliphatic carbocycles. The van der Waals surface area contributed by atoms with Crippen molar-refractivity contribution in [3.63, 3.8) is 0 Å². The summed E-state index contributed by atoms with van der Waals surface area (Å²) in [5.41, 5.74) is 2.48. The number of halogens is 4. The molecule has 2 bridgehead atoms. The fourth-order valence-electron chi connectivity index (χ4n) is 7.45. The Bertz CT molecular complexity index is 2200. The lowest BCUT2D eigenvalue weighted by atomic mass is 9.86. The third-order valence-corrected chi connectivity index (χ3v) is 12.3. The maximum absolute atomic E-state index is 14.1. The van der Waals surface area contributed by atoms with Crippen LogP contribution in [-0.4, -0.2) is 61.3 Å². The van der Waals surface area contributed by atoms with E-state index >= 15 is 0 Å². The zero-order valence-electron chi connectivity index (χ0n) is 30.7. The van der Waals surface area contributed by atoms with E-state index in [4.69, 9.17) is 42.1 Å². The number of carbonyl (C=O) groups excluding carboxylic acids is 2. The van der Waals surface area contributed by atoms with Crippen LogP contribution in [0, 0.1) is 11.8 Å². The number of anilines is 1. The SMILES string of the molecule is O=C(O[C@@H](Cc1c(Cl)c[nH+]cc1Cl)c1ccc(OC(F)F)c(OCC2CC2)c1)c1cccc(NC(C(=O)O[C@H]2CN3CCC2CC3)c2csc3ccccc23)c1.[OH-]. The normalized spacial score (nSPS) is 19.7. The fraction of sp³-hybridized carbons (Fsp3) is 0.357. The number of ether oxygens (including phenoxy) is 4. The van der Waals surface area contributed by atoms with Gasteiger partial charge in [0.25, 0.3) is 0 Å². The van der Waals surface area contributed by atoms with Crippen molar-refractivity contribution in [1.29, 1.82) is 0 Å². The molecule has 10 nitrogen and oxygen atoms in total. The molecule has 5 heterocycles. The summed E-state index contributed by atoms with van der Waals surface area (Å²) in [6.07, 6.45) is 6.03. The van der Waals surface area contributed by atoms with E-state index < -0.39 is 24.7 Å². The van der Waals surface area contributed by atoms with Crippen LogP contribution >= 0.6 is 34.5 Å². The predicted molar refractivity (Wildman–Crippen MR) is 212 cm³/mol. The first-order valence-corrected chi connectivity index (χ1v) is 20.3. The number of alkyl halides is 2. The zero-order chi connectivity index (χ0) is 38.8. The molecule has 3 atom stereocenters. The smallest absolute Gasteiger partial charge is 0.387 e. The van der Waals surface area contributed by atoms with Gasteiger partial charge in [0.15, 0.2) is 29.9 Å². The van der Waals surface area contributed by atoms with E-state index in [0.29, 0.717) is 45.3 Å². The van der Waals surface area contributed by atoms with Gasteiger partial charge in [-0.15, -0.1) is 11.3 Å². The van der Waals surface area contributed by atoms with Crippen LogP contribution in [-0.2, 0) is 20.7 Å². The molecule has 15 heteroatoms. The number of pyridine rings is 1. The Kier molecular flexibility index (Phi) is 12.8. The van der Waals surface area contributed by atoms with Gasteiger partial charge in [0.05, 0.1) is 12.2 Å². The number of carbonyl (C=O) groups is 2. The number of rotatable bonds is 15. The molecule has 4 aliphatic rings. The monoisotopic (exact) mass is 839 g/mol. The molecule has 3 aliphatic heterocycles. The molecule has 0 spiro atoms. The van der Waals surface area contributed by atoms with E-state index in [1.54, 1.807) is 60.1 Å². The summed E-state index contributed by atoms with van der Waals surface area (Å²) in [6.45, 7) is 0.0597. The molecule has 5 aromatic rings. The van der Waals surface area contributed by atoms with Gasteiger partial charge in [-0.25, -0.2) is 14.6 Å². The molecule has 1 unspecified atom stereocenters. The third-order valence-electron chi connectivity index (χ3n) is 10.7. The van der Waals surface area contributed by atoms with Gasteiger partial charge < -0.3 is 29.7 Å². The highest BCUT2D eigenvalue weighted by molar-refractivity contribution is 7.17. The lowest BCUT2D eigenvalue weighted by Gasteiger charge is -2.44. The molecule has 0 amide bonds. The number of aromatic amines is 1. The maximum Gasteiger partial charge on any atom is 0.387 e. The molecule has 0 radical (unpaired) electrons. The number of benzene rings is 3. The number of nitrogens with one attached hydrogen (secondary N) is 2. The quantitative estimate of drug-likeness (QED) is 0.103. The number of fused-ring (bicyclic) bond motifs is 4. The minimum absolute atomic E-state index is 0. The average molecular weight is 841 g/mol. The Morgan fingerprint density at radius 2 is 1.72 bits per heavy atom. The van der Waals surface area contributed by atoms with Gasteiger partial charge in [-0.1, -0.05) is 53.5 Å². The van der Waals surface area contributed by atoms with Crippen molar-refractivity contribution in [2.24, 2.45) is 11.8 Å². The molecule has 300 valence electrons. The van der Waals surface area contributed by atoms with E-state index in [2.05, 4.69) is 15.2 Å². The summed E-state index contributed by atoms with van der Waals surface area (Å²) >= 11 is 14.6. The largest absolute Gasteiger partial charge is 0.870 e. The summed E-state index contributed by atoms with van der Waals surface area (Å²) in [4.78, 5) is 33.4. The summed E-state index contributed by atoms with van der Waals surface area (Å²) in [5.74, 6) is -0.396. The van der Waals surface area contributed by atoms with Crippen LogP contribution in [0.5, 0.6) is 11.5 Å². The van der Waals surface area contributed by atoms with Gasteiger partial charge in [0.1, 0.15) is 22.3 Å². The lowest BCUT2D eigenvalue weighted by molar-refractivity contribution is -0.377. The fourth-order valence-corrected chi connectivity index (χ4v) is 8.97. The summed E-state index contributed by atoms with van der Waals surface area (Å²) in [5, 5.41) is 6.95. The number of hydrogen-bond donors (Lipinski definition) is 1. The number of piperidine rings is 3. The standard InChI is InChI=1S/C42H39Cl2F2N3O6S.H2O/c43-32-19-47-20-33(44)30(32)18-35(26-10-11-34(55-42(45)46)36(17-26)52-22-24-8-9-24)53-40(50)27-4-3-5-28(16-27)48-39(31-23-56-38-7-2-1-6-29(31)38)41(51)54-37-21-49-14-12-25(37)13-15-49;/h1-7,10-11,16-17,19-20,23-25,35,37,39,42,48H,8-9,12-15,18,21-22H2;1H2/t35-,37-,39?;/m0./s1. The van der Waals surface area contributed by atoms with Crippen molar-refractivity contribution in [2.45, 2.75) is 57.0 Å². The van der Waals surface area contributed by atoms with Crippen LogP contribution < -0.4 is 19.8 Å². The summed E-state index contributed by atoms with van der Waals surface area (Å²) in [7, 11) is 0. The molecular formula is C42H41Cl2F2N3O7S. The Morgan fingerprint density at radius 1 is 0.947 bits per heavy atom. The van der Waals surface area contributed by atoms with Gasteiger partial charge in [-0.05, 0) is 103 Å². The number of thiophene rings is 1. The molecular weight excluding hydrogens is 799 g/mol. The van der Waals surface area contributed by atoms with Crippen molar-refractivity contribution in [3.8, 4) is 11.5 Å². The van der Waals surface area contributed by atoms with E-state index in [1.807, 2.05) is 29.6 Å². The van der Waals surface area contributed by atoms with Crippen LogP contribution in [0.4, 0.5) is 14.5 Å². The second-order valence-corrected chi connectivity index (χ2v) is 16.3. The number of esters is 2. The first-order chi connectivity index (χ1) is 27.2. The van der Waals surface area contributed by atoms with Gasteiger partial charge in [0.2, 0.25) is 0 Å². The van der Waals surface area contributed by atoms with E-state index in [1.165, 1.54) is 6.07 Å². The number of H-pyrrole nitrogens is 1. The Morgan fingerprint density at radius 3 is 2.44 bits per heavy atom. The second-order valence-electron chi connectivity index (χ2n) is 14.5. The molecule has 3 aromatic carbocycles. The molecule has 57 heavy (non-hydrogen) atoms. The Labute approximate surface area is 342 Å². The van der Waals surface area contributed by atoms with Crippen LogP contribution in [0.1, 0.15) is 64.9 Å². The summed E-state index contributed by atoms with van der Waals surface area (Å²) < 4.78 is 50.8. The molecule has 9 rings (SSSR count). The molecule has 4 fully saturated rings. The average Bonchev–Trinajstić information content (AvgIpc) is 3.94. The third kappa shape index (κ3) is 9.61. The molecule has 3 saturated heterocycles. The van der Waals surface area contributed by atoms with Crippen molar-refractivity contribution in [2.75, 3.05) is 31.6 Å². The number of nitrogens with zero attached hydrogens (tertiary/aromatic N) is 1. The molecule has 1 saturated carbocycles. The van der Waals surface area contributed by atoms with Gasteiger partial charge in [-0.3, -0.25) is 4.90 Å². The maximum atomic E-state index is 14.1. The predicted octanol–water partition coefficient (Wildman–Crippen LogP) is 9.17. The molecule has 3 N–H and O–H groups in total. The highest BCUT2D eigenvalue weighted by Crippen LogP contribution is 2.39. The van der Waals surface area contributed by atoms with Crippen molar-refractivity contribution in [1.82, 2.24) is 4.90 Å². The number of aromatic nitrogens is 1. The van der Waals surface area contributed by atoms with Crippen LogP contribution in [0.25, 0.3) is 10.1 Å². The Balaban J connectivity index is 0.00000496. The van der Waals surface area contributed by atoms with E-state index in [-0.39, 0.29) is 41.0 Å². The number of hydrogen-bond acceptors (Lipinski definition) is 10. The van der Waals surface area contributed by atoms with E-state index in [0.717, 1.165) is 61.0 Å². The molecule has 2 aromatic heterocycles. The van der Waals surface area contributed by atoms with Crippen LogP contribution in [0.2, 0.25) is 10.0 Å². The first kappa shape index (κ1) is 40.7. The highest BCUT2D eigenvalue weighted by atomic mass is 35.5. The second kappa shape index (κ2) is 17.9. The van der Waals surface area contributed by atoms with Crippen molar-refractivity contribution in [3.05, 3.63) is 117 Å². The van der Waals surface area contributed by atoms with Gasteiger partial charge in [0, 0.05) is 34.5 Å². The lowest BCUT2D eigenvalue weighted by Crippen LogP contribution is -2.52. The highest BCUT2D eigenvalue weighted by Gasteiger charge is 2.38.